The van der Waals surface area contributed by atoms with Crippen molar-refractivity contribution in [3.63, 3.8) is 0 Å². The van der Waals surface area contributed by atoms with Gasteiger partial charge in [-0.05, 0) is 37.3 Å². The zero-order chi connectivity index (χ0) is 14.8. The highest BCUT2D eigenvalue weighted by Crippen LogP contribution is 2.24. The molecule has 4 nitrogen and oxygen atoms in total. The average Bonchev–Trinajstić information content (AvgIpc) is 2.88. The number of hydrogen-bond acceptors (Lipinski definition) is 2. The van der Waals surface area contributed by atoms with E-state index in [2.05, 4.69) is 17.2 Å². The van der Waals surface area contributed by atoms with E-state index in [-0.39, 0.29) is 5.91 Å². The summed E-state index contributed by atoms with van der Waals surface area (Å²) in [6.45, 7) is 4.28. The molecular weight excluding hydrogens is 262 g/mol. The summed E-state index contributed by atoms with van der Waals surface area (Å²) in [6, 6.07) is 6.13. The Kier molecular flexibility index (Phi) is 3.95. The second-order valence-electron chi connectivity index (χ2n) is 6.03. The number of pyridine rings is 1. The standard InChI is InChI=1S/C17H23N3O/c1-3-13-16(20-11-7-6-10-15(20)18-13)17(21)19-14-9-5-4-8-12(14)2/h6-7,10-12,14H,3-5,8-9H2,1-2H3,(H,19,21). The molecule has 0 saturated heterocycles. The Morgan fingerprint density at radius 1 is 1.38 bits per heavy atom. The van der Waals surface area contributed by atoms with Gasteiger partial charge in [0.05, 0.1) is 5.69 Å². The summed E-state index contributed by atoms with van der Waals surface area (Å²) in [6.07, 6.45) is 7.47. The van der Waals surface area contributed by atoms with Crippen LogP contribution in [0.5, 0.6) is 0 Å². The number of hydrogen-bond donors (Lipinski definition) is 1. The normalized spacial score (nSPS) is 22.4. The monoisotopic (exact) mass is 285 g/mol. The summed E-state index contributed by atoms with van der Waals surface area (Å²) >= 11 is 0. The van der Waals surface area contributed by atoms with Gasteiger partial charge >= 0.3 is 0 Å². The Balaban J connectivity index is 1.90. The third kappa shape index (κ3) is 2.67. The number of carbonyl (C=O) groups excluding carboxylic acids is 1. The Bertz CT molecular complexity index is 647. The molecule has 2 aromatic rings. The number of nitrogens with zero attached hydrogens (tertiary/aromatic N) is 2. The number of nitrogens with one attached hydrogen (secondary N) is 1. The minimum Gasteiger partial charge on any atom is -0.348 e. The number of aryl methyl sites for hydroxylation is 1. The molecule has 1 saturated carbocycles. The van der Waals surface area contributed by atoms with Crippen molar-refractivity contribution >= 4 is 11.6 Å². The molecular formula is C17H23N3O. The molecule has 4 heteroatoms. The molecule has 2 heterocycles. The molecule has 1 amide bonds. The fourth-order valence-corrected chi connectivity index (χ4v) is 3.30. The summed E-state index contributed by atoms with van der Waals surface area (Å²) in [4.78, 5) is 17.3. The van der Waals surface area contributed by atoms with Gasteiger partial charge in [-0.3, -0.25) is 9.20 Å². The van der Waals surface area contributed by atoms with Crippen molar-refractivity contribution in [3.05, 3.63) is 35.8 Å². The lowest BCUT2D eigenvalue weighted by atomic mass is 9.86. The molecule has 0 aromatic carbocycles. The SMILES string of the molecule is CCc1nc2ccccn2c1C(=O)NC1CCCCC1C. The zero-order valence-electron chi connectivity index (χ0n) is 12.8. The van der Waals surface area contributed by atoms with Crippen LogP contribution in [-0.4, -0.2) is 21.3 Å². The largest absolute Gasteiger partial charge is 0.348 e. The van der Waals surface area contributed by atoms with E-state index in [1.165, 1.54) is 19.3 Å². The van der Waals surface area contributed by atoms with Gasteiger partial charge < -0.3 is 5.32 Å². The summed E-state index contributed by atoms with van der Waals surface area (Å²) in [7, 11) is 0. The van der Waals surface area contributed by atoms with Crippen molar-refractivity contribution in [2.45, 2.75) is 52.0 Å². The Morgan fingerprint density at radius 3 is 2.95 bits per heavy atom. The first-order valence-corrected chi connectivity index (χ1v) is 7.97. The average molecular weight is 285 g/mol. The highest BCUT2D eigenvalue weighted by atomic mass is 16.2. The number of amides is 1. The molecule has 3 rings (SSSR count). The molecule has 2 unspecified atom stereocenters. The molecule has 0 radical (unpaired) electrons. The maximum atomic E-state index is 12.7. The second kappa shape index (κ2) is 5.88. The number of rotatable bonds is 3. The van der Waals surface area contributed by atoms with Gasteiger partial charge in [0, 0.05) is 12.2 Å². The first kappa shape index (κ1) is 14.1. The van der Waals surface area contributed by atoms with Gasteiger partial charge in [-0.25, -0.2) is 4.98 Å². The Hall–Kier alpha value is -1.84. The molecule has 2 atom stereocenters. The summed E-state index contributed by atoms with van der Waals surface area (Å²) in [5, 5.41) is 3.24. The van der Waals surface area contributed by atoms with Crippen LogP contribution in [0.2, 0.25) is 0 Å². The molecule has 0 aliphatic heterocycles. The van der Waals surface area contributed by atoms with E-state index in [0.717, 1.165) is 24.2 Å². The maximum Gasteiger partial charge on any atom is 0.270 e. The molecule has 112 valence electrons. The van der Waals surface area contributed by atoms with Crippen LogP contribution in [0.25, 0.3) is 5.65 Å². The van der Waals surface area contributed by atoms with Gasteiger partial charge in [-0.15, -0.1) is 0 Å². The minimum atomic E-state index is 0.0179. The molecule has 21 heavy (non-hydrogen) atoms. The van der Waals surface area contributed by atoms with Gasteiger partial charge in [0.25, 0.3) is 5.91 Å². The number of carbonyl (C=O) groups is 1. The van der Waals surface area contributed by atoms with Crippen molar-refractivity contribution in [1.82, 2.24) is 14.7 Å². The number of aromatic nitrogens is 2. The molecule has 2 aromatic heterocycles. The maximum absolute atomic E-state index is 12.7. The molecule has 1 fully saturated rings. The van der Waals surface area contributed by atoms with E-state index in [4.69, 9.17) is 0 Å². The predicted octanol–water partition coefficient (Wildman–Crippen LogP) is 3.21. The van der Waals surface area contributed by atoms with Gasteiger partial charge in [-0.2, -0.15) is 0 Å². The molecule has 0 spiro atoms. The van der Waals surface area contributed by atoms with E-state index in [9.17, 15) is 4.79 Å². The van der Waals surface area contributed by atoms with Crippen LogP contribution in [-0.2, 0) is 6.42 Å². The van der Waals surface area contributed by atoms with Crippen LogP contribution < -0.4 is 5.32 Å². The van der Waals surface area contributed by atoms with Crippen LogP contribution >= 0.6 is 0 Å². The topological polar surface area (TPSA) is 46.4 Å². The molecule has 0 bridgehead atoms. The van der Waals surface area contributed by atoms with Gasteiger partial charge in [0.1, 0.15) is 11.3 Å². The van der Waals surface area contributed by atoms with E-state index >= 15 is 0 Å². The lowest BCUT2D eigenvalue weighted by Crippen LogP contribution is -2.41. The quantitative estimate of drug-likeness (QED) is 0.941. The Morgan fingerprint density at radius 2 is 2.19 bits per heavy atom. The summed E-state index contributed by atoms with van der Waals surface area (Å²) in [5.41, 5.74) is 2.42. The van der Waals surface area contributed by atoms with Crippen molar-refractivity contribution < 1.29 is 4.79 Å². The van der Waals surface area contributed by atoms with Crippen LogP contribution in [0.4, 0.5) is 0 Å². The Labute approximate surface area is 125 Å². The number of imidazole rings is 1. The van der Waals surface area contributed by atoms with Gasteiger partial charge in [0.15, 0.2) is 0 Å². The molecule has 1 aliphatic rings. The van der Waals surface area contributed by atoms with Gasteiger partial charge in [-0.1, -0.05) is 32.8 Å². The van der Waals surface area contributed by atoms with Crippen LogP contribution in [0.1, 0.15) is 55.7 Å². The summed E-state index contributed by atoms with van der Waals surface area (Å²) < 4.78 is 1.90. The molecule has 1 N–H and O–H groups in total. The predicted molar refractivity (Wildman–Crippen MR) is 83.5 cm³/mol. The van der Waals surface area contributed by atoms with Crippen LogP contribution in [0.15, 0.2) is 24.4 Å². The lowest BCUT2D eigenvalue weighted by molar-refractivity contribution is 0.0903. The van der Waals surface area contributed by atoms with Crippen molar-refractivity contribution in [3.8, 4) is 0 Å². The van der Waals surface area contributed by atoms with Crippen molar-refractivity contribution in [2.24, 2.45) is 5.92 Å². The van der Waals surface area contributed by atoms with Crippen LogP contribution in [0, 0.1) is 5.92 Å². The van der Waals surface area contributed by atoms with E-state index in [1.54, 1.807) is 0 Å². The minimum absolute atomic E-state index is 0.0179. The smallest absolute Gasteiger partial charge is 0.270 e. The molecule has 1 aliphatic carbocycles. The highest BCUT2D eigenvalue weighted by molar-refractivity contribution is 5.95. The summed E-state index contributed by atoms with van der Waals surface area (Å²) in [5.74, 6) is 0.580. The third-order valence-electron chi connectivity index (χ3n) is 4.58. The van der Waals surface area contributed by atoms with Crippen molar-refractivity contribution in [1.29, 1.82) is 0 Å². The first-order chi connectivity index (χ1) is 10.2. The fourth-order valence-electron chi connectivity index (χ4n) is 3.30. The van der Waals surface area contributed by atoms with Crippen LogP contribution in [0.3, 0.4) is 0 Å². The van der Waals surface area contributed by atoms with E-state index < -0.39 is 0 Å². The number of fused-ring (bicyclic) bond motifs is 1. The first-order valence-electron chi connectivity index (χ1n) is 7.97. The third-order valence-corrected chi connectivity index (χ3v) is 4.58. The van der Waals surface area contributed by atoms with Gasteiger partial charge in [0.2, 0.25) is 0 Å². The zero-order valence-corrected chi connectivity index (χ0v) is 12.8. The van der Waals surface area contributed by atoms with E-state index in [0.29, 0.717) is 17.7 Å². The highest BCUT2D eigenvalue weighted by Gasteiger charge is 2.25. The second-order valence-corrected chi connectivity index (χ2v) is 6.03. The van der Waals surface area contributed by atoms with E-state index in [1.807, 2.05) is 35.7 Å². The fraction of sp³-hybridized carbons (Fsp3) is 0.529. The van der Waals surface area contributed by atoms with Crippen molar-refractivity contribution in [2.75, 3.05) is 0 Å². The lowest BCUT2D eigenvalue weighted by Gasteiger charge is -2.29.